The number of ether oxygens (including phenoxy) is 1. The number of fused-ring (bicyclic) bond motifs is 1. The van der Waals surface area contributed by atoms with Crippen LogP contribution in [-0.4, -0.2) is 44.7 Å². The van der Waals surface area contributed by atoms with Crippen LogP contribution in [0.3, 0.4) is 0 Å². The standard InChI is InChI=1S/C25H22F3N7O.ClH/c1-34-21-13-19(31-20(14-29)24(21)32-33-34)17-5-6-22(18(12-17)25(26,27)28)36-11-8-16-7-10-35(15-16)23-4-2-3-9-30-23;/h2-6,9,12-13,16H,7-8,10-11,15H2,1H3;1H/t16-;/m1./s1. The molecule has 0 N–H and O–H groups in total. The van der Waals surface area contributed by atoms with Gasteiger partial charge in [0, 0.05) is 31.9 Å². The lowest BCUT2D eigenvalue weighted by molar-refractivity contribution is -0.138. The van der Waals surface area contributed by atoms with Crippen molar-refractivity contribution in [2.75, 3.05) is 24.6 Å². The fraction of sp³-hybridized carbons (Fsp3) is 0.320. The van der Waals surface area contributed by atoms with Crippen LogP contribution in [0.25, 0.3) is 22.3 Å². The van der Waals surface area contributed by atoms with Crippen molar-refractivity contribution in [3.63, 3.8) is 0 Å². The number of rotatable bonds is 6. The maximum absolute atomic E-state index is 13.9. The van der Waals surface area contributed by atoms with Gasteiger partial charge in [-0.2, -0.15) is 18.4 Å². The Morgan fingerprint density at radius 3 is 2.76 bits per heavy atom. The minimum absolute atomic E-state index is 0. The molecule has 0 amide bonds. The van der Waals surface area contributed by atoms with Crippen LogP contribution >= 0.6 is 12.4 Å². The lowest BCUT2D eigenvalue weighted by Gasteiger charge is -2.18. The third kappa shape index (κ3) is 5.44. The zero-order valence-corrected chi connectivity index (χ0v) is 20.6. The van der Waals surface area contributed by atoms with Gasteiger partial charge in [-0.1, -0.05) is 11.3 Å². The number of aryl methyl sites for hydroxylation is 1. The number of nitriles is 1. The van der Waals surface area contributed by atoms with E-state index in [-0.39, 0.29) is 41.7 Å². The molecule has 0 radical (unpaired) electrons. The van der Waals surface area contributed by atoms with E-state index in [4.69, 9.17) is 4.74 Å². The van der Waals surface area contributed by atoms with Crippen molar-refractivity contribution in [3.05, 3.63) is 59.9 Å². The number of hydrogen-bond acceptors (Lipinski definition) is 7. The molecule has 0 unspecified atom stereocenters. The lowest BCUT2D eigenvalue weighted by Crippen LogP contribution is -2.21. The number of benzene rings is 1. The second-order valence-corrected chi connectivity index (χ2v) is 8.68. The molecule has 0 spiro atoms. The van der Waals surface area contributed by atoms with Gasteiger partial charge in [0.05, 0.1) is 23.4 Å². The van der Waals surface area contributed by atoms with Gasteiger partial charge in [-0.25, -0.2) is 14.6 Å². The predicted molar refractivity (Wildman–Crippen MR) is 133 cm³/mol. The fourth-order valence-corrected chi connectivity index (χ4v) is 4.45. The van der Waals surface area contributed by atoms with Crippen LogP contribution in [0.5, 0.6) is 5.75 Å². The number of halogens is 4. The van der Waals surface area contributed by atoms with Gasteiger partial charge in [-0.3, -0.25) is 0 Å². The minimum atomic E-state index is -4.62. The van der Waals surface area contributed by atoms with Gasteiger partial charge < -0.3 is 9.64 Å². The van der Waals surface area contributed by atoms with Crippen molar-refractivity contribution < 1.29 is 17.9 Å². The summed E-state index contributed by atoms with van der Waals surface area (Å²) in [5.74, 6) is 0.993. The van der Waals surface area contributed by atoms with Gasteiger partial charge in [0.15, 0.2) is 5.69 Å². The van der Waals surface area contributed by atoms with Crippen LogP contribution in [-0.2, 0) is 13.2 Å². The first kappa shape index (κ1) is 26.2. The van der Waals surface area contributed by atoms with E-state index in [9.17, 15) is 18.4 Å². The van der Waals surface area contributed by atoms with Crippen molar-refractivity contribution in [1.29, 1.82) is 5.26 Å². The number of pyridine rings is 2. The van der Waals surface area contributed by atoms with Gasteiger partial charge in [0.2, 0.25) is 0 Å². The Labute approximate surface area is 217 Å². The molecule has 3 aromatic heterocycles. The Bertz CT molecular complexity index is 1440. The summed E-state index contributed by atoms with van der Waals surface area (Å²) in [6, 6.07) is 13.1. The van der Waals surface area contributed by atoms with E-state index in [0.717, 1.165) is 31.4 Å². The molecule has 1 fully saturated rings. The first-order valence-corrected chi connectivity index (χ1v) is 11.4. The van der Waals surface area contributed by atoms with Gasteiger partial charge in [-0.15, -0.1) is 17.5 Å². The third-order valence-corrected chi connectivity index (χ3v) is 6.33. The van der Waals surface area contributed by atoms with Gasteiger partial charge in [0.25, 0.3) is 0 Å². The normalized spacial score (nSPS) is 15.4. The first-order chi connectivity index (χ1) is 17.3. The average molecular weight is 530 g/mol. The highest BCUT2D eigenvalue weighted by atomic mass is 35.5. The Kier molecular flexibility index (Phi) is 7.50. The van der Waals surface area contributed by atoms with Crippen molar-refractivity contribution in [2.24, 2.45) is 13.0 Å². The van der Waals surface area contributed by atoms with E-state index in [0.29, 0.717) is 23.4 Å². The largest absolute Gasteiger partial charge is 0.493 e. The topological polar surface area (TPSA) is 92.8 Å². The van der Waals surface area contributed by atoms with Crippen LogP contribution in [0.4, 0.5) is 19.0 Å². The zero-order chi connectivity index (χ0) is 25.3. The van der Waals surface area contributed by atoms with Gasteiger partial charge >= 0.3 is 6.18 Å². The molecule has 0 bridgehead atoms. The number of alkyl halides is 3. The van der Waals surface area contributed by atoms with Gasteiger partial charge in [0.1, 0.15) is 23.2 Å². The first-order valence-electron chi connectivity index (χ1n) is 11.4. The number of aromatic nitrogens is 5. The van der Waals surface area contributed by atoms with Crippen LogP contribution in [0.1, 0.15) is 24.1 Å². The van der Waals surface area contributed by atoms with E-state index >= 15 is 0 Å². The minimum Gasteiger partial charge on any atom is -0.493 e. The molecule has 37 heavy (non-hydrogen) atoms. The highest BCUT2D eigenvalue weighted by molar-refractivity contribution is 5.85. The monoisotopic (exact) mass is 529 g/mol. The molecular weight excluding hydrogens is 507 g/mol. The van der Waals surface area contributed by atoms with E-state index in [1.54, 1.807) is 19.3 Å². The highest BCUT2D eigenvalue weighted by Gasteiger charge is 2.35. The summed E-state index contributed by atoms with van der Waals surface area (Å²) < 4.78 is 48.9. The van der Waals surface area contributed by atoms with Crippen LogP contribution < -0.4 is 9.64 Å². The van der Waals surface area contributed by atoms with Crippen molar-refractivity contribution in [3.8, 4) is 23.1 Å². The maximum atomic E-state index is 13.9. The van der Waals surface area contributed by atoms with Crippen LogP contribution in [0.2, 0.25) is 0 Å². The van der Waals surface area contributed by atoms with Crippen molar-refractivity contribution in [1.82, 2.24) is 25.0 Å². The molecule has 0 aliphatic carbocycles. The van der Waals surface area contributed by atoms with E-state index < -0.39 is 11.7 Å². The van der Waals surface area contributed by atoms with Crippen LogP contribution in [0, 0.1) is 17.2 Å². The summed E-state index contributed by atoms with van der Waals surface area (Å²) in [6.45, 7) is 1.83. The molecule has 192 valence electrons. The molecule has 4 aromatic rings. The molecule has 4 heterocycles. The van der Waals surface area contributed by atoms with Crippen molar-refractivity contribution in [2.45, 2.75) is 19.0 Å². The highest BCUT2D eigenvalue weighted by Crippen LogP contribution is 2.39. The summed E-state index contributed by atoms with van der Waals surface area (Å²) in [7, 11) is 1.64. The Morgan fingerprint density at radius 1 is 1.19 bits per heavy atom. The molecule has 0 saturated carbocycles. The molecule has 12 heteroatoms. The summed E-state index contributed by atoms with van der Waals surface area (Å²) in [5.41, 5.74) is 0.360. The maximum Gasteiger partial charge on any atom is 0.419 e. The number of hydrogen-bond donors (Lipinski definition) is 0. The van der Waals surface area contributed by atoms with E-state index in [1.165, 1.54) is 16.8 Å². The molecule has 5 rings (SSSR count). The SMILES string of the molecule is Cl.Cn1nnc2c(C#N)nc(-c3ccc(OCC[C@H]4CCN(c5ccccn5)C4)c(C(F)(F)F)c3)cc21. The van der Waals surface area contributed by atoms with Crippen LogP contribution in [0.15, 0.2) is 48.7 Å². The zero-order valence-electron chi connectivity index (χ0n) is 19.8. The second kappa shape index (κ2) is 10.6. The van der Waals surface area contributed by atoms with Gasteiger partial charge in [-0.05, 0) is 55.2 Å². The fourth-order valence-electron chi connectivity index (χ4n) is 4.45. The average Bonchev–Trinajstić information content (AvgIpc) is 3.50. The molecule has 1 aliphatic heterocycles. The second-order valence-electron chi connectivity index (χ2n) is 8.68. The molecule has 1 aromatic carbocycles. The third-order valence-electron chi connectivity index (χ3n) is 6.33. The Hall–Kier alpha value is -3.91. The van der Waals surface area contributed by atoms with E-state index in [1.807, 2.05) is 24.3 Å². The predicted octanol–water partition coefficient (Wildman–Crippen LogP) is 5.03. The molecule has 1 aliphatic rings. The Balaban J connectivity index is 0.00000320. The smallest absolute Gasteiger partial charge is 0.419 e. The molecule has 1 atom stereocenters. The Morgan fingerprint density at radius 2 is 2.03 bits per heavy atom. The number of anilines is 1. The summed E-state index contributed by atoms with van der Waals surface area (Å²) in [6.07, 6.45) is -1.30. The quantitative estimate of drug-likeness (QED) is 0.346. The van der Waals surface area contributed by atoms with E-state index in [2.05, 4.69) is 25.2 Å². The lowest BCUT2D eigenvalue weighted by atomic mass is 10.0. The summed E-state index contributed by atoms with van der Waals surface area (Å²) >= 11 is 0. The molecule has 8 nitrogen and oxygen atoms in total. The number of nitrogens with zero attached hydrogens (tertiary/aromatic N) is 7. The molecular formula is C25H23ClF3N7O. The molecule has 1 saturated heterocycles. The summed E-state index contributed by atoms with van der Waals surface area (Å²) in [4.78, 5) is 10.7. The van der Waals surface area contributed by atoms with Crippen molar-refractivity contribution >= 4 is 29.3 Å². The summed E-state index contributed by atoms with van der Waals surface area (Å²) in [5, 5.41) is 17.2.